The van der Waals surface area contributed by atoms with E-state index in [2.05, 4.69) is 33.3 Å². The Kier molecular flexibility index (Phi) is 4.00. The first-order chi connectivity index (χ1) is 11.7. The third-order valence-corrected chi connectivity index (χ3v) is 4.54. The number of hydrogen-bond acceptors (Lipinski definition) is 6. The molecule has 0 unspecified atom stereocenters. The number of fused-ring (bicyclic) bond motifs is 1. The summed E-state index contributed by atoms with van der Waals surface area (Å²) in [5.74, 6) is 1.34. The molecule has 0 bridgehead atoms. The van der Waals surface area contributed by atoms with Gasteiger partial charge >= 0.3 is 0 Å². The molecule has 24 heavy (non-hydrogen) atoms. The van der Waals surface area contributed by atoms with Gasteiger partial charge < -0.3 is 9.52 Å². The molecule has 0 saturated carbocycles. The molecular weight excluding hydrogens is 304 g/mol. The van der Waals surface area contributed by atoms with Crippen molar-refractivity contribution in [1.82, 2.24) is 20.1 Å². The topological polar surface area (TPSA) is 75.3 Å². The van der Waals surface area contributed by atoms with E-state index in [1.165, 1.54) is 0 Å². The highest BCUT2D eigenvalue weighted by Crippen LogP contribution is 2.23. The molecule has 0 aliphatic carbocycles. The van der Waals surface area contributed by atoms with Crippen molar-refractivity contribution >= 4 is 10.9 Å². The van der Waals surface area contributed by atoms with Crippen molar-refractivity contribution in [1.29, 1.82) is 0 Å². The molecule has 1 N–H and O–H groups in total. The third kappa shape index (κ3) is 3.16. The first-order valence-electron chi connectivity index (χ1n) is 8.21. The molecule has 1 fully saturated rings. The van der Waals surface area contributed by atoms with Gasteiger partial charge in [-0.1, -0.05) is 24.3 Å². The molecule has 0 spiro atoms. The minimum atomic E-state index is -0.359. The fourth-order valence-electron chi connectivity index (χ4n) is 3.35. The number of nitrogens with zero attached hydrogens (tertiary/aromatic N) is 4. The first-order valence-corrected chi connectivity index (χ1v) is 8.21. The fourth-order valence-corrected chi connectivity index (χ4v) is 3.35. The van der Waals surface area contributed by atoms with E-state index in [-0.39, 0.29) is 12.0 Å². The fraction of sp³-hybridized carbons (Fsp3) is 0.389. The van der Waals surface area contributed by atoms with E-state index in [1.54, 1.807) is 6.92 Å². The van der Waals surface area contributed by atoms with Crippen LogP contribution < -0.4 is 0 Å². The standard InChI is InChI=1S/C18H20N4O2/c1-12-20-21-18(24-12)11-22-9-14(17(23)10-22)8-15-7-6-13-4-2-3-5-16(13)19-15/h2-7,14,17,23H,8-11H2,1H3/t14-,17-/m1/s1. The summed E-state index contributed by atoms with van der Waals surface area (Å²) in [6.45, 7) is 3.79. The smallest absolute Gasteiger partial charge is 0.230 e. The van der Waals surface area contributed by atoms with Crippen molar-refractivity contribution in [2.75, 3.05) is 13.1 Å². The summed E-state index contributed by atoms with van der Waals surface area (Å²) in [5, 5.41) is 19.4. The van der Waals surface area contributed by atoms with E-state index < -0.39 is 0 Å². The van der Waals surface area contributed by atoms with Gasteiger partial charge in [0.2, 0.25) is 11.8 Å². The highest BCUT2D eigenvalue weighted by molar-refractivity contribution is 5.78. The second-order valence-electron chi connectivity index (χ2n) is 6.44. The van der Waals surface area contributed by atoms with Crippen molar-refractivity contribution in [2.45, 2.75) is 26.0 Å². The number of rotatable bonds is 4. The van der Waals surface area contributed by atoms with Crippen LogP contribution in [0.5, 0.6) is 0 Å². The number of aliphatic hydroxyl groups excluding tert-OH is 1. The number of aromatic nitrogens is 3. The van der Waals surface area contributed by atoms with Crippen molar-refractivity contribution < 1.29 is 9.52 Å². The lowest BCUT2D eigenvalue weighted by molar-refractivity contribution is 0.139. The molecule has 4 rings (SSSR count). The second kappa shape index (κ2) is 6.30. The number of β-amino-alcohol motifs (C(OH)–C–C–N with tert-alkyl or cyclic N) is 1. The summed E-state index contributed by atoms with van der Waals surface area (Å²) in [7, 11) is 0. The number of aliphatic hydroxyl groups is 1. The minimum Gasteiger partial charge on any atom is -0.424 e. The van der Waals surface area contributed by atoms with Crippen LogP contribution in [0.25, 0.3) is 10.9 Å². The van der Waals surface area contributed by atoms with Gasteiger partial charge in [-0.15, -0.1) is 10.2 Å². The van der Waals surface area contributed by atoms with Gasteiger partial charge in [0.1, 0.15) is 0 Å². The van der Waals surface area contributed by atoms with Crippen LogP contribution in [0.2, 0.25) is 0 Å². The molecule has 6 nitrogen and oxygen atoms in total. The molecule has 3 aromatic rings. The Labute approximate surface area is 140 Å². The Morgan fingerprint density at radius 3 is 2.88 bits per heavy atom. The lowest BCUT2D eigenvalue weighted by Gasteiger charge is -2.13. The van der Waals surface area contributed by atoms with Gasteiger partial charge in [0.15, 0.2) is 0 Å². The van der Waals surface area contributed by atoms with Gasteiger partial charge in [0.05, 0.1) is 18.2 Å². The van der Waals surface area contributed by atoms with Crippen LogP contribution in [0.15, 0.2) is 40.8 Å². The van der Waals surface area contributed by atoms with Crippen molar-refractivity contribution in [3.63, 3.8) is 0 Å². The van der Waals surface area contributed by atoms with Crippen LogP contribution >= 0.6 is 0 Å². The molecule has 2 aromatic heterocycles. The van der Waals surface area contributed by atoms with Crippen LogP contribution in [-0.2, 0) is 13.0 Å². The zero-order valence-corrected chi connectivity index (χ0v) is 13.6. The molecule has 1 aliphatic rings. The van der Waals surface area contributed by atoms with Gasteiger partial charge in [-0.2, -0.15) is 0 Å². The van der Waals surface area contributed by atoms with Gasteiger partial charge in [0.25, 0.3) is 0 Å². The molecule has 124 valence electrons. The molecule has 1 aliphatic heterocycles. The number of pyridine rings is 1. The van der Waals surface area contributed by atoms with Crippen LogP contribution in [0.1, 0.15) is 17.5 Å². The summed E-state index contributed by atoms with van der Waals surface area (Å²) >= 11 is 0. The van der Waals surface area contributed by atoms with Crippen molar-refractivity contribution in [2.24, 2.45) is 5.92 Å². The lowest BCUT2D eigenvalue weighted by atomic mass is 9.99. The number of para-hydroxylation sites is 1. The summed E-state index contributed by atoms with van der Waals surface area (Å²) in [5.41, 5.74) is 2.02. The molecule has 1 saturated heterocycles. The third-order valence-electron chi connectivity index (χ3n) is 4.54. The molecular formula is C18H20N4O2. The van der Waals surface area contributed by atoms with E-state index in [0.717, 1.165) is 29.6 Å². The molecule has 0 amide bonds. The van der Waals surface area contributed by atoms with Gasteiger partial charge in [-0.3, -0.25) is 9.88 Å². The monoisotopic (exact) mass is 324 g/mol. The largest absolute Gasteiger partial charge is 0.424 e. The lowest BCUT2D eigenvalue weighted by Crippen LogP contribution is -2.21. The highest BCUT2D eigenvalue weighted by atomic mass is 16.4. The van der Waals surface area contributed by atoms with Crippen molar-refractivity contribution in [3.8, 4) is 0 Å². The number of likely N-dealkylation sites (tertiary alicyclic amines) is 1. The zero-order valence-electron chi connectivity index (χ0n) is 13.6. The van der Waals surface area contributed by atoms with Crippen LogP contribution in [0.3, 0.4) is 0 Å². The number of aryl methyl sites for hydroxylation is 1. The Bertz CT molecular complexity index is 848. The summed E-state index contributed by atoms with van der Waals surface area (Å²) in [4.78, 5) is 6.87. The minimum absolute atomic E-state index is 0.169. The predicted molar refractivity (Wildman–Crippen MR) is 89.3 cm³/mol. The van der Waals surface area contributed by atoms with Crippen molar-refractivity contribution in [3.05, 3.63) is 53.9 Å². The van der Waals surface area contributed by atoms with Gasteiger partial charge in [-0.05, 0) is 18.6 Å². The van der Waals surface area contributed by atoms with E-state index in [0.29, 0.717) is 24.9 Å². The summed E-state index contributed by atoms with van der Waals surface area (Å²) < 4.78 is 5.42. The van der Waals surface area contributed by atoms with E-state index in [4.69, 9.17) is 9.40 Å². The van der Waals surface area contributed by atoms with Crippen LogP contribution in [-0.4, -0.2) is 44.4 Å². The average Bonchev–Trinajstić information content (AvgIpc) is 3.13. The predicted octanol–water partition coefficient (Wildman–Crippen LogP) is 1.96. The molecule has 6 heteroatoms. The average molecular weight is 324 g/mol. The Morgan fingerprint density at radius 2 is 2.04 bits per heavy atom. The molecule has 1 aromatic carbocycles. The molecule has 2 atom stereocenters. The quantitative estimate of drug-likeness (QED) is 0.791. The maximum absolute atomic E-state index is 10.4. The Hall–Kier alpha value is -2.31. The van der Waals surface area contributed by atoms with Crippen LogP contribution in [0, 0.1) is 12.8 Å². The maximum atomic E-state index is 10.4. The van der Waals surface area contributed by atoms with E-state index >= 15 is 0 Å². The van der Waals surface area contributed by atoms with Gasteiger partial charge in [0, 0.05) is 37.0 Å². The van der Waals surface area contributed by atoms with Gasteiger partial charge in [-0.25, -0.2) is 0 Å². The highest BCUT2D eigenvalue weighted by Gasteiger charge is 2.32. The van der Waals surface area contributed by atoms with E-state index in [1.807, 2.05) is 18.2 Å². The number of hydrogen-bond donors (Lipinski definition) is 1. The first kappa shape index (κ1) is 15.2. The summed E-state index contributed by atoms with van der Waals surface area (Å²) in [6.07, 6.45) is 0.410. The maximum Gasteiger partial charge on any atom is 0.230 e. The molecule has 0 radical (unpaired) electrons. The van der Waals surface area contributed by atoms with Crippen LogP contribution in [0.4, 0.5) is 0 Å². The molecule has 3 heterocycles. The van der Waals surface area contributed by atoms with E-state index in [9.17, 15) is 5.11 Å². The second-order valence-corrected chi connectivity index (χ2v) is 6.44. The summed E-state index contributed by atoms with van der Waals surface area (Å²) in [6, 6.07) is 12.2. The Balaban J connectivity index is 1.43. The number of benzene rings is 1. The Morgan fingerprint density at radius 1 is 1.17 bits per heavy atom. The normalized spacial score (nSPS) is 21.6. The SMILES string of the molecule is Cc1nnc(CN2C[C@@H](Cc3ccc4ccccc4n3)[C@H](O)C2)o1. The zero-order chi connectivity index (χ0) is 16.5.